The number of rotatable bonds is 7. The Morgan fingerprint density at radius 3 is 2.57 bits per heavy atom. The molecule has 0 aliphatic rings. The van der Waals surface area contributed by atoms with Crippen molar-refractivity contribution in [2.24, 2.45) is 11.7 Å². The number of hydrogen-bond donors (Lipinski definition) is 2. The van der Waals surface area contributed by atoms with Gasteiger partial charge in [0.2, 0.25) is 5.91 Å². The second kappa shape index (κ2) is 6.92. The zero-order chi connectivity index (χ0) is 15.2. The van der Waals surface area contributed by atoms with Gasteiger partial charge in [-0.3, -0.25) is 9.48 Å². The molecule has 2 rings (SSSR count). The number of carbonyl (C=O) groups excluding carboxylic acids is 1. The number of hydrogen-bond acceptors (Lipinski definition) is 3. The summed E-state index contributed by atoms with van der Waals surface area (Å²) >= 11 is 0. The van der Waals surface area contributed by atoms with Crippen molar-refractivity contribution in [3.8, 4) is 0 Å². The van der Waals surface area contributed by atoms with Crippen molar-refractivity contribution >= 4 is 11.6 Å². The third kappa shape index (κ3) is 4.95. The van der Waals surface area contributed by atoms with Crippen LogP contribution < -0.4 is 11.1 Å². The van der Waals surface area contributed by atoms with Crippen LogP contribution in [0.2, 0.25) is 0 Å². The molecule has 0 aliphatic heterocycles. The van der Waals surface area contributed by atoms with Gasteiger partial charge in [0.25, 0.3) is 0 Å². The molecule has 3 N–H and O–H groups in total. The third-order valence-electron chi connectivity index (χ3n) is 3.11. The largest absolute Gasteiger partial charge is 0.378 e. The molecule has 1 aromatic carbocycles. The Hall–Kier alpha value is -2.30. The van der Waals surface area contributed by atoms with Crippen LogP contribution in [0.4, 0.5) is 5.69 Å². The highest BCUT2D eigenvalue weighted by atomic mass is 16.1. The van der Waals surface area contributed by atoms with Crippen molar-refractivity contribution < 1.29 is 4.79 Å². The molecule has 112 valence electrons. The summed E-state index contributed by atoms with van der Waals surface area (Å²) in [6.07, 6.45) is 4.57. The van der Waals surface area contributed by atoms with Gasteiger partial charge >= 0.3 is 0 Å². The smallest absolute Gasteiger partial charge is 0.239 e. The monoisotopic (exact) mass is 286 g/mol. The first-order valence-electron chi connectivity index (χ1n) is 7.15. The molecule has 0 saturated carbocycles. The Morgan fingerprint density at radius 2 is 1.95 bits per heavy atom. The van der Waals surface area contributed by atoms with Crippen LogP contribution in [-0.4, -0.2) is 15.7 Å². The molecule has 0 atom stereocenters. The van der Waals surface area contributed by atoms with Gasteiger partial charge in [0, 0.05) is 12.7 Å². The lowest BCUT2D eigenvalue weighted by atomic mass is 10.0. The van der Waals surface area contributed by atoms with Crippen molar-refractivity contribution in [1.82, 2.24) is 9.78 Å². The number of aromatic nitrogens is 2. The number of benzene rings is 1. The number of carbonyl (C=O) groups is 1. The highest BCUT2D eigenvalue weighted by Crippen LogP contribution is 2.12. The minimum absolute atomic E-state index is 0.103. The second-order valence-corrected chi connectivity index (χ2v) is 5.66. The maximum absolute atomic E-state index is 10.8. The van der Waals surface area contributed by atoms with E-state index in [0.29, 0.717) is 5.92 Å². The Kier molecular flexibility index (Phi) is 4.98. The van der Waals surface area contributed by atoms with E-state index in [4.69, 9.17) is 5.73 Å². The zero-order valence-corrected chi connectivity index (χ0v) is 12.5. The molecule has 0 bridgehead atoms. The molecule has 2 aromatic rings. The Bertz CT molecular complexity index is 587. The van der Waals surface area contributed by atoms with Crippen LogP contribution in [0.5, 0.6) is 0 Å². The highest BCUT2D eigenvalue weighted by Gasteiger charge is 2.02. The zero-order valence-electron chi connectivity index (χ0n) is 12.5. The highest BCUT2D eigenvalue weighted by molar-refractivity contribution is 5.73. The molecular weight excluding hydrogens is 264 g/mol. The first kappa shape index (κ1) is 15.1. The van der Waals surface area contributed by atoms with Crippen LogP contribution in [0.25, 0.3) is 0 Å². The Balaban J connectivity index is 1.87. The van der Waals surface area contributed by atoms with E-state index in [2.05, 4.69) is 48.5 Å². The van der Waals surface area contributed by atoms with E-state index in [1.165, 1.54) is 15.8 Å². The van der Waals surface area contributed by atoms with Crippen LogP contribution in [-0.2, 0) is 24.3 Å². The fraction of sp³-hybridized carbons (Fsp3) is 0.375. The molecule has 1 heterocycles. The van der Waals surface area contributed by atoms with E-state index in [9.17, 15) is 4.79 Å². The molecule has 5 nitrogen and oxygen atoms in total. The quantitative estimate of drug-likeness (QED) is 0.819. The first-order chi connectivity index (χ1) is 10.0. The topological polar surface area (TPSA) is 72.9 Å². The maximum atomic E-state index is 10.8. The summed E-state index contributed by atoms with van der Waals surface area (Å²) in [6.45, 7) is 5.27. The average molecular weight is 286 g/mol. The summed E-state index contributed by atoms with van der Waals surface area (Å²) in [6, 6.07) is 8.62. The predicted octanol–water partition coefficient (Wildman–Crippen LogP) is 2.18. The number of nitrogens with zero attached hydrogens (tertiary/aromatic N) is 2. The molecule has 5 heteroatoms. The summed E-state index contributed by atoms with van der Waals surface area (Å²) < 4.78 is 1.52. The third-order valence-corrected chi connectivity index (χ3v) is 3.11. The van der Waals surface area contributed by atoms with E-state index in [1.807, 2.05) is 0 Å². The summed E-state index contributed by atoms with van der Waals surface area (Å²) in [5.74, 6) is 0.274. The number of anilines is 1. The van der Waals surface area contributed by atoms with E-state index in [1.54, 1.807) is 12.4 Å². The lowest BCUT2D eigenvalue weighted by molar-refractivity contribution is -0.118. The molecule has 21 heavy (non-hydrogen) atoms. The fourth-order valence-corrected chi connectivity index (χ4v) is 2.17. The molecule has 0 aliphatic carbocycles. The van der Waals surface area contributed by atoms with Gasteiger partial charge in [0.05, 0.1) is 11.9 Å². The van der Waals surface area contributed by atoms with Crippen LogP contribution in [0, 0.1) is 5.92 Å². The molecule has 1 amide bonds. The van der Waals surface area contributed by atoms with Gasteiger partial charge in [0.15, 0.2) is 0 Å². The van der Waals surface area contributed by atoms with Gasteiger partial charge in [-0.15, -0.1) is 0 Å². The Labute approximate surface area is 125 Å². The molecule has 0 unspecified atom stereocenters. The summed E-state index contributed by atoms with van der Waals surface area (Å²) in [5.41, 5.74) is 8.58. The van der Waals surface area contributed by atoms with Crippen LogP contribution in [0.15, 0.2) is 36.7 Å². The van der Waals surface area contributed by atoms with E-state index >= 15 is 0 Å². The van der Waals surface area contributed by atoms with Crippen molar-refractivity contribution in [3.63, 3.8) is 0 Å². The normalized spacial score (nSPS) is 10.8. The number of nitrogens with one attached hydrogen (secondary N) is 1. The van der Waals surface area contributed by atoms with Gasteiger partial charge in [-0.2, -0.15) is 5.10 Å². The SMILES string of the molecule is CC(C)Cc1ccc(CNc2cnn(CC(N)=O)c2)cc1. The standard InChI is InChI=1S/C16H22N4O/c1-12(2)7-13-3-5-14(6-4-13)8-18-15-9-19-20(10-15)11-16(17)21/h3-6,9-10,12,18H,7-8,11H2,1-2H3,(H2,17,21). The lowest BCUT2D eigenvalue weighted by Crippen LogP contribution is -2.18. The van der Waals surface area contributed by atoms with Gasteiger partial charge in [0.1, 0.15) is 6.54 Å². The Morgan fingerprint density at radius 1 is 1.29 bits per heavy atom. The second-order valence-electron chi connectivity index (χ2n) is 5.66. The van der Waals surface area contributed by atoms with Gasteiger partial charge < -0.3 is 11.1 Å². The number of primary amides is 1. The maximum Gasteiger partial charge on any atom is 0.239 e. The van der Waals surface area contributed by atoms with Crippen molar-refractivity contribution in [3.05, 3.63) is 47.8 Å². The van der Waals surface area contributed by atoms with Gasteiger partial charge in [-0.05, 0) is 23.5 Å². The molecule has 0 radical (unpaired) electrons. The van der Waals surface area contributed by atoms with E-state index < -0.39 is 5.91 Å². The summed E-state index contributed by atoms with van der Waals surface area (Å²) in [4.78, 5) is 10.8. The molecule has 0 spiro atoms. The van der Waals surface area contributed by atoms with Crippen molar-refractivity contribution in [2.45, 2.75) is 33.4 Å². The number of amides is 1. The first-order valence-corrected chi connectivity index (χ1v) is 7.15. The minimum Gasteiger partial charge on any atom is -0.378 e. The summed E-state index contributed by atoms with van der Waals surface area (Å²) in [7, 11) is 0. The van der Waals surface area contributed by atoms with Crippen molar-refractivity contribution in [2.75, 3.05) is 5.32 Å². The van der Waals surface area contributed by atoms with Gasteiger partial charge in [-0.1, -0.05) is 38.1 Å². The summed E-state index contributed by atoms with van der Waals surface area (Å²) in [5, 5.41) is 7.35. The molecule has 0 fully saturated rings. The lowest BCUT2D eigenvalue weighted by Gasteiger charge is -2.07. The van der Waals surface area contributed by atoms with Crippen LogP contribution in [0.3, 0.4) is 0 Å². The van der Waals surface area contributed by atoms with Crippen LogP contribution in [0.1, 0.15) is 25.0 Å². The molecular formula is C16H22N4O. The van der Waals surface area contributed by atoms with Crippen molar-refractivity contribution in [1.29, 1.82) is 0 Å². The molecule has 1 aromatic heterocycles. The van der Waals surface area contributed by atoms with E-state index in [0.717, 1.165) is 18.7 Å². The van der Waals surface area contributed by atoms with Gasteiger partial charge in [-0.25, -0.2) is 0 Å². The minimum atomic E-state index is -0.398. The molecule has 0 saturated heterocycles. The fourth-order valence-electron chi connectivity index (χ4n) is 2.17. The predicted molar refractivity (Wildman–Crippen MR) is 83.7 cm³/mol. The van der Waals surface area contributed by atoms with E-state index in [-0.39, 0.29) is 6.54 Å². The van der Waals surface area contributed by atoms with Crippen LogP contribution >= 0.6 is 0 Å². The average Bonchev–Trinajstić information content (AvgIpc) is 2.84. The number of nitrogens with two attached hydrogens (primary N) is 1.